The average Bonchev–Trinajstić information content (AvgIpc) is 3.38. The largest absolute Gasteiger partial charge is 0.309 e. The molecule has 0 aromatic heterocycles. The minimum Gasteiger partial charge on any atom is -0.309 e. The molecule has 1 atom stereocenters. The van der Waals surface area contributed by atoms with E-state index in [1.807, 2.05) is 0 Å². The van der Waals surface area contributed by atoms with Crippen molar-refractivity contribution in [3.63, 3.8) is 0 Å². The molecule has 2 aliphatic rings. The number of benzene rings is 7. The van der Waals surface area contributed by atoms with E-state index < -0.39 is 15.2 Å². The topological polar surface area (TPSA) is 17.1 Å². The third-order valence-corrected chi connectivity index (χ3v) is 17.8. The summed E-state index contributed by atoms with van der Waals surface area (Å²) in [7, 11) is -6.19. The minimum atomic E-state index is -3.32. The van der Waals surface area contributed by atoms with Crippen LogP contribution in [0.15, 0.2) is 176 Å². The quantitative estimate of drug-likeness (QED) is 0.160. The van der Waals surface area contributed by atoms with Crippen LogP contribution < -0.4 is 31.5 Å². The van der Waals surface area contributed by atoms with Gasteiger partial charge in [0.25, 0.3) is 0 Å². The molecule has 7 aromatic rings. The van der Waals surface area contributed by atoms with Crippen LogP contribution in [0.5, 0.6) is 0 Å². The van der Waals surface area contributed by atoms with E-state index in [4.69, 9.17) is 0 Å². The van der Waals surface area contributed by atoms with Crippen LogP contribution in [0.1, 0.15) is 16.7 Å². The molecule has 0 radical (unpaired) electrons. The van der Waals surface area contributed by atoms with E-state index in [2.05, 4.69) is 176 Å². The zero-order valence-corrected chi connectivity index (χ0v) is 26.5. The van der Waals surface area contributed by atoms with E-state index in [0.29, 0.717) is 0 Å². The van der Waals surface area contributed by atoms with Gasteiger partial charge in [0.15, 0.2) is 15.2 Å². The van der Waals surface area contributed by atoms with Gasteiger partial charge in [-0.1, -0.05) is 170 Å². The Kier molecular flexibility index (Phi) is 5.87. The Morgan fingerprint density at radius 2 is 0.933 bits per heavy atom. The highest BCUT2D eigenvalue weighted by atomic mass is 31.2. The maximum absolute atomic E-state index is 16.4. The Bertz CT molecular complexity index is 2320. The second-order valence-corrected chi connectivity index (χ2v) is 18.3. The lowest BCUT2D eigenvalue weighted by Gasteiger charge is -2.34. The first-order chi connectivity index (χ1) is 22.2. The molecule has 0 amide bonds. The molecule has 9 rings (SSSR count). The van der Waals surface area contributed by atoms with Crippen LogP contribution in [-0.4, -0.2) is 8.07 Å². The van der Waals surface area contributed by atoms with Crippen molar-refractivity contribution >= 4 is 68.2 Å². The molecule has 0 N–H and O–H groups in total. The van der Waals surface area contributed by atoms with Crippen molar-refractivity contribution in [2.45, 2.75) is 0 Å². The highest BCUT2D eigenvalue weighted by Crippen LogP contribution is 2.53. The molecule has 212 valence electrons. The second kappa shape index (κ2) is 10.0. The Labute approximate surface area is 264 Å². The average molecular weight is 609 g/mol. The SMILES string of the molecule is O=P1(c2ccc3ccccc3c2)c2ccccc2C2=C(c3ccccc31)[Si](c1ccccc1)(c1ccccc1)c1ccccc12. The fraction of sp³-hybridized carbons (Fsp3) is 0. The van der Waals surface area contributed by atoms with E-state index in [1.165, 1.54) is 31.9 Å². The van der Waals surface area contributed by atoms with Crippen LogP contribution >= 0.6 is 7.14 Å². The number of rotatable bonds is 3. The zero-order chi connectivity index (χ0) is 30.0. The number of hydrogen-bond acceptors (Lipinski definition) is 1. The maximum Gasteiger partial charge on any atom is 0.181 e. The molecule has 0 aliphatic carbocycles. The fourth-order valence-electron chi connectivity index (χ4n) is 7.94. The monoisotopic (exact) mass is 608 g/mol. The first-order valence-electron chi connectivity index (χ1n) is 15.5. The van der Waals surface area contributed by atoms with Crippen molar-refractivity contribution < 1.29 is 4.57 Å². The van der Waals surface area contributed by atoms with Crippen LogP contribution in [0.2, 0.25) is 0 Å². The van der Waals surface area contributed by atoms with Crippen molar-refractivity contribution in [3.8, 4) is 0 Å². The number of fused-ring (bicyclic) bond motifs is 7. The van der Waals surface area contributed by atoms with Crippen molar-refractivity contribution in [1.29, 1.82) is 0 Å². The summed E-state index contributed by atoms with van der Waals surface area (Å²) in [6, 6.07) is 63.0. The second-order valence-electron chi connectivity index (χ2n) is 12.0. The van der Waals surface area contributed by atoms with Gasteiger partial charge in [0.1, 0.15) is 0 Å². The molecule has 0 fully saturated rings. The van der Waals surface area contributed by atoms with Crippen molar-refractivity contribution in [3.05, 3.63) is 193 Å². The lowest BCUT2D eigenvalue weighted by atomic mass is 9.96. The van der Waals surface area contributed by atoms with Gasteiger partial charge >= 0.3 is 0 Å². The lowest BCUT2D eigenvalue weighted by Crippen LogP contribution is -2.67. The third-order valence-electron chi connectivity index (χ3n) is 9.76. The number of hydrogen-bond donors (Lipinski definition) is 0. The molecule has 0 saturated carbocycles. The molecule has 1 nitrogen and oxygen atoms in total. The summed E-state index contributed by atoms with van der Waals surface area (Å²) in [6.07, 6.45) is 0. The van der Waals surface area contributed by atoms with Gasteiger partial charge in [0, 0.05) is 15.9 Å². The van der Waals surface area contributed by atoms with E-state index >= 15 is 4.57 Å². The van der Waals surface area contributed by atoms with E-state index in [9.17, 15) is 0 Å². The summed E-state index contributed by atoms with van der Waals surface area (Å²) in [5.41, 5.74) is 4.66. The molecule has 2 aliphatic heterocycles. The van der Waals surface area contributed by atoms with Gasteiger partial charge in [-0.2, -0.15) is 0 Å². The summed E-state index contributed by atoms with van der Waals surface area (Å²) in [5, 5.41) is 10.4. The van der Waals surface area contributed by atoms with E-state index in [0.717, 1.165) is 37.8 Å². The summed E-state index contributed by atoms with van der Waals surface area (Å²) < 4.78 is 16.4. The van der Waals surface area contributed by atoms with Crippen molar-refractivity contribution in [2.75, 3.05) is 0 Å². The molecule has 7 aromatic carbocycles. The molecule has 0 saturated heterocycles. The first kappa shape index (κ1) is 26.4. The molecular formula is C42H29OPSi. The van der Waals surface area contributed by atoms with Crippen LogP contribution in [0.3, 0.4) is 0 Å². The highest BCUT2D eigenvalue weighted by Gasteiger charge is 2.54. The summed E-state index contributed by atoms with van der Waals surface area (Å²) in [6.45, 7) is 0. The summed E-state index contributed by atoms with van der Waals surface area (Å²) >= 11 is 0. The molecule has 0 bridgehead atoms. The van der Waals surface area contributed by atoms with E-state index in [1.54, 1.807) is 0 Å². The smallest absolute Gasteiger partial charge is 0.181 e. The predicted molar refractivity (Wildman–Crippen MR) is 193 cm³/mol. The molecule has 3 heteroatoms. The van der Waals surface area contributed by atoms with Crippen molar-refractivity contribution in [1.82, 2.24) is 0 Å². The van der Waals surface area contributed by atoms with E-state index in [-0.39, 0.29) is 0 Å². The predicted octanol–water partition coefficient (Wildman–Crippen LogP) is 6.77. The normalized spacial score (nSPS) is 17.6. The van der Waals surface area contributed by atoms with Gasteiger partial charge in [-0.05, 0) is 59.9 Å². The van der Waals surface area contributed by atoms with Gasteiger partial charge in [-0.15, -0.1) is 0 Å². The molecule has 1 unspecified atom stereocenters. The lowest BCUT2D eigenvalue weighted by molar-refractivity contribution is 0.592. The first-order valence-corrected chi connectivity index (χ1v) is 19.2. The fourth-order valence-corrected chi connectivity index (χ4v) is 16.5. The summed E-state index contributed by atoms with van der Waals surface area (Å²) in [4.78, 5) is 0. The van der Waals surface area contributed by atoms with Crippen molar-refractivity contribution in [2.24, 2.45) is 0 Å². The molecule has 45 heavy (non-hydrogen) atoms. The van der Waals surface area contributed by atoms with Crippen LogP contribution in [0.25, 0.3) is 21.5 Å². The Hall–Kier alpha value is -5.01. The molecular weight excluding hydrogens is 580 g/mol. The zero-order valence-electron chi connectivity index (χ0n) is 24.6. The molecule has 2 heterocycles. The summed E-state index contributed by atoms with van der Waals surface area (Å²) in [5.74, 6) is 0. The Balaban J connectivity index is 1.49. The van der Waals surface area contributed by atoms with Crippen LogP contribution in [0.4, 0.5) is 0 Å². The van der Waals surface area contributed by atoms with Gasteiger partial charge in [-0.3, -0.25) is 0 Å². The highest BCUT2D eigenvalue weighted by molar-refractivity contribution is 7.85. The standard InChI is InChI=1S/C42H29OPSi/c43-44(32-28-27-30-15-7-8-16-31(30)29-32)38-24-12-9-21-35(38)41-37-23-11-14-26-40(37)45(33-17-3-1-4-18-33,34-19-5-2-6-20-34)42(41)36-22-10-13-25-39(36)44/h1-29H. The van der Waals surface area contributed by atoms with Gasteiger partial charge in [0.05, 0.1) is 0 Å². The maximum atomic E-state index is 16.4. The van der Waals surface area contributed by atoms with Gasteiger partial charge < -0.3 is 4.57 Å². The Morgan fingerprint density at radius 3 is 1.62 bits per heavy atom. The van der Waals surface area contributed by atoms with Crippen LogP contribution in [0, 0.1) is 0 Å². The van der Waals surface area contributed by atoms with Gasteiger partial charge in [-0.25, -0.2) is 0 Å². The minimum absolute atomic E-state index is 0.877. The third kappa shape index (κ3) is 3.58. The molecule has 0 spiro atoms. The van der Waals surface area contributed by atoms with Crippen LogP contribution in [-0.2, 0) is 4.57 Å². The van der Waals surface area contributed by atoms with Gasteiger partial charge in [0.2, 0.25) is 0 Å². The Morgan fingerprint density at radius 1 is 0.422 bits per heavy atom.